The van der Waals surface area contributed by atoms with Crippen molar-refractivity contribution in [3.63, 3.8) is 0 Å². The van der Waals surface area contributed by atoms with Crippen molar-refractivity contribution in [3.8, 4) is 5.69 Å². The van der Waals surface area contributed by atoms with Gasteiger partial charge in [0.15, 0.2) is 0 Å². The Hall–Kier alpha value is -1.56. The largest absolute Gasteiger partial charge is 0.369 e. The molecule has 1 aromatic heterocycles. The van der Waals surface area contributed by atoms with E-state index in [1.54, 1.807) is 0 Å². The van der Waals surface area contributed by atoms with Gasteiger partial charge in [0.2, 0.25) is 5.95 Å². The van der Waals surface area contributed by atoms with Gasteiger partial charge in [-0.25, -0.2) is 4.98 Å². The Kier molecular flexibility index (Phi) is 2.74. The molecule has 0 unspecified atom stereocenters. The first-order valence-electron chi connectivity index (χ1n) is 5.66. The van der Waals surface area contributed by atoms with Crippen LogP contribution in [0.25, 0.3) is 16.7 Å². The molecule has 3 aromatic rings. The highest BCUT2D eigenvalue weighted by atomic mass is 127. The van der Waals surface area contributed by atoms with Gasteiger partial charge in [0.25, 0.3) is 0 Å². The Balaban J connectivity index is 2.28. The van der Waals surface area contributed by atoms with Crippen molar-refractivity contribution in [2.75, 3.05) is 5.73 Å². The number of nitrogens with zero attached hydrogens (tertiary/aromatic N) is 2. The molecule has 3 nitrogen and oxygen atoms in total. The molecule has 2 N–H and O–H groups in total. The summed E-state index contributed by atoms with van der Waals surface area (Å²) in [4.78, 5) is 4.41. The number of hydrogen-bond donors (Lipinski definition) is 1. The van der Waals surface area contributed by atoms with E-state index in [1.807, 2.05) is 10.6 Å². The fraction of sp³-hybridized carbons (Fsp3) is 0.0714. The van der Waals surface area contributed by atoms with E-state index in [9.17, 15) is 0 Å². The highest BCUT2D eigenvalue weighted by molar-refractivity contribution is 14.1. The molecule has 0 spiro atoms. The summed E-state index contributed by atoms with van der Waals surface area (Å²) < 4.78 is 3.14. The molecule has 18 heavy (non-hydrogen) atoms. The summed E-state index contributed by atoms with van der Waals surface area (Å²) in [5, 5.41) is 0. The van der Waals surface area contributed by atoms with Gasteiger partial charge in [-0.05, 0) is 59.8 Å². The van der Waals surface area contributed by atoms with Gasteiger partial charge in [-0.3, -0.25) is 4.57 Å². The van der Waals surface area contributed by atoms with Crippen LogP contribution in [0.4, 0.5) is 5.95 Å². The summed E-state index contributed by atoms with van der Waals surface area (Å²) in [6, 6.07) is 14.4. The van der Waals surface area contributed by atoms with Gasteiger partial charge in [0, 0.05) is 9.26 Å². The van der Waals surface area contributed by atoms with Crippen LogP contribution in [0, 0.1) is 10.5 Å². The molecule has 0 radical (unpaired) electrons. The quantitative estimate of drug-likeness (QED) is 0.683. The van der Waals surface area contributed by atoms with E-state index in [2.05, 4.69) is 70.9 Å². The standard InChI is InChI=1S/C14H12IN3/c1-9-2-5-11(6-3-9)18-13-7-4-10(15)8-12(13)17-14(18)16/h2-8H,1H3,(H2,16,17). The zero-order valence-corrected chi connectivity index (χ0v) is 12.0. The monoisotopic (exact) mass is 349 g/mol. The highest BCUT2D eigenvalue weighted by Crippen LogP contribution is 2.24. The molecule has 0 saturated carbocycles. The molecule has 90 valence electrons. The fourth-order valence-corrected chi connectivity index (χ4v) is 2.51. The third-order valence-electron chi connectivity index (χ3n) is 2.93. The second-order valence-corrected chi connectivity index (χ2v) is 5.52. The number of rotatable bonds is 1. The van der Waals surface area contributed by atoms with Crippen LogP contribution in [0.2, 0.25) is 0 Å². The van der Waals surface area contributed by atoms with Crippen LogP contribution >= 0.6 is 22.6 Å². The third kappa shape index (κ3) is 1.86. The predicted molar refractivity (Wildman–Crippen MR) is 82.9 cm³/mol. The van der Waals surface area contributed by atoms with E-state index in [0.717, 1.165) is 20.3 Å². The second-order valence-electron chi connectivity index (χ2n) is 4.27. The smallest absolute Gasteiger partial charge is 0.205 e. The van der Waals surface area contributed by atoms with Gasteiger partial charge >= 0.3 is 0 Å². The Bertz CT molecular complexity index is 714. The third-order valence-corrected chi connectivity index (χ3v) is 3.61. The van der Waals surface area contributed by atoms with E-state index >= 15 is 0 Å². The van der Waals surface area contributed by atoms with Crippen LogP contribution in [0.15, 0.2) is 42.5 Å². The lowest BCUT2D eigenvalue weighted by molar-refractivity contribution is 1.11. The van der Waals surface area contributed by atoms with E-state index in [-0.39, 0.29) is 0 Å². The molecular formula is C14H12IN3. The topological polar surface area (TPSA) is 43.8 Å². The second kappa shape index (κ2) is 4.28. The highest BCUT2D eigenvalue weighted by Gasteiger charge is 2.09. The number of nitrogen functional groups attached to an aromatic ring is 1. The molecule has 0 bridgehead atoms. The first kappa shape index (κ1) is 11.5. The first-order valence-corrected chi connectivity index (χ1v) is 6.73. The van der Waals surface area contributed by atoms with Crippen LogP contribution in [0.1, 0.15) is 5.56 Å². The average Bonchev–Trinajstić information content (AvgIpc) is 2.65. The molecule has 1 heterocycles. The van der Waals surface area contributed by atoms with Gasteiger partial charge in [0.05, 0.1) is 11.0 Å². The first-order chi connectivity index (χ1) is 8.65. The molecule has 0 aliphatic carbocycles. The molecule has 3 rings (SSSR count). The van der Waals surface area contributed by atoms with Gasteiger partial charge in [-0.1, -0.05) is 17.7 Å². The van der Waals surface area contributed by atoms with E-state index in [0.29, 0.717) is 5.95 Å². The number of halogens is 1. The molecule has 0 saturated heterocycles. The summed E-state index contributed by atoms with van der Waals surface area (Å²) in [5.74, 6) is 0.524. The van der Waals surface area contributed by atoms with Crippen molar-refractivity contribution in [1.29, 1.82) is 0 Å². The molecule has 0 amide bonds. The van der Waals surface area contributed by atoms with Gasteiger partial charge in [0.1, 0.15) is 0 Å². The minimum Gasteiger partial charge on any atom is -0.369 e. The zero-order chi connectivity index (χ0) is 12.7. The van der Waals surface area contributed by atoms with Gasteiger partial charge < -0.3 is 5.73 Å². The van der Waals surface area contributed by atoms with Crippen LogP contribution in [-0.4, -0.2) is 9.55 Å². The molecule has 0 aliphatic rings. The number of anilines is 1. The van der Waals surface area contributed by atoms with Gasteiger partial charge in [-0.15, -0.1) is 0 Å². The summed E-state index contributed by atoms with van der Waals surface area (Å²) >= 11 is 2.28. The average molecular weight is 349 g/mol. The van der Waals surface area contributed by atoms with Crippen molar-refractivity contribution in [3.05, 3.63) is 51.6 Å². The normalized spacial score (nSPS) is 11.0. The Morgan fingerprint density at radius 3 is 2.56 bits per heavy atom. The summed E-state index contributed by atoms with van der Waals surface area (Å²) in [5.41, 5.74) is 10.3. The lowest BCUT2D eigenvalue weighted by Crippen LogP contribution is -2.00. The van der Waals surface area contributed by atoms with Crippen LogP contribution in [-0.2, 0) is 0 Å². The number of benzene rings is 2. The SMILES string of the molecule is Cc1ccc(-n2c(N)nc3cc(I)ccc32)cc1. The van der Waals surface area contributed by atoms with Crippen molar-refractivity contribution < 1.29 is 0 Å². The molecule has 0 atom stereocenters. The maximum absolute atomic E-state index is 6.02. The van der Waals surface area contributed by atoms with Crippen LogP contribution in [0.5, 0.6) is 0 Å². The summed E-state index contributed by atoms with van der Waals surface area (Å²) in [7, 11) is 0. The maximum atomic E-state index is 6.02. The molecule has 0 fully saturated rings. The lowest BCUT2D eigenvalue weighted by Gasteiger charge is -2.06. The van der Waals surface area contributed by atoms with Crippen LogP contribution < -0.4 is 5.73 Å². The van der Waals surface area contributed by atoms with E-state index in [4.69, 9.17) is 5.73 Å². The van der Waals surface area contributed by atoms with Gasteiger partial charge in [-0.2, -0.15) is 0 Å². The van der Waals surface area contributed by atoms with Crippen LogP contribution in [0.3, 0.4) is 0 Å². The number of aryl methyl sites for hydroxylation is 1. The Labute approximate surface area is 119 Å². The maximum Gasteiger partial charge on any atom is 0.205 e. The molecule has 0 aliphatic heterocycles. The van der Waals surface area contributed by atoms with Crippen molar-refractivity contribution >= 4 is 39.6 Å². The number of imidazole rings is 1. The van der Waals surface area contributed by atoms with Crippen molar-refractivity contribution in [2.24, 2.45) is 0 Å². The summed E-state index contributed by atoms with van der Waals surface area (Å²) in [6.07, 6.45) is 0. The number of fused-ring (bicyclic) bond motifs is 1. The predicted octanol–water partition coefficient (Wildman–Crippen LogP) is 3.52. The number of aromatic nitrogens is 2. The molecular weight excluding hydrogens is 337 g/mol. The van der Waals surface area contributed by atoms with Crippen molar-refractivity contribution in [1.82, 2.24) is 9.55 Å². The Morgan fingerprint density at radius 1 is 1.11 bits per heavy atom. The Morgan fingerprint density at radius 2 is 1.83 bits per heavy atom. The van der Waals surface area contributed by atoms with Crippen molar-refractivity contribution in [2.45, 2.75) is 6.92 Å². The zero-order valence-electron chi connectivity index (χ0n) is 9.89. The minimum atomic E-state index is 0.524. The minimum absolute atomic E-state index is 0.524. The van der Waals surface area contributed by atoms with E-state index < -0.39 is 0 Å². The lowest BCUT2D eigenvalue weighted by atomic mass is 10.2. The molecule has 4 heteroatoms. The number of nitrogens with two attached hydrogens (primary N) is 1. The summed E-state index contributed by atoms with van der Waals surface area (Å²) in [6.45, 7) is 2.07. The van der Waals surface area contributed by atoms with E-state index in [1.165, 1.54) is 5.56 Å². The fourth-order valence-electron chi connectivity index (χ4n) is 2.04. The number of hydrogen-bond acceptors (Lipinski definition) is 2. The molecule has 2 aromatic carbocycles.